The van der Waals surface area contributed by atoms with Crippen LogP contribution >= 0.6 is 12.4 Å². The van der Waals surface area contributed by atoms with E-state index in [0.717, 1.165) is 64.4 Å². The third-order valence-corrected chi connectivity index (χ3v) is 8.65. The number of benzene rings is 3. The van der Waals surface area contributed by atoms with Crippen LogP contribution in [0.5, 0.6) is 0 Å². The highest BCUT2D eigenvalue weighted by atomic mass is 35.5. The summed E-state index contributed by atoms with van der Waals surface area (Å²) in [6, 6.07) is 18.5. The second-order valence-corrected chi connectivity index (χ2v) is 11.4. The van der Waals surface area contributed by atoms with Gasteiger partial charge in [0.25, 0.3) is 0 Å². The summed E-state index contributed by atoms with van der Waals surface area (Å²) in [4.78, 5) is 29.0. The lowest BCUT2D eigenvalue weighted by Crippen LogP contribution is -2.52. The Balaban J connectivity index is 0.00000384. The summed E-state index contributed by atoms with van der Waals surface area (Å²) in [5.41, 5.74) is 18.4. The summed E-state index contributed by atoms with van der Waals surface area (Å²) in [6.07, 6.45) is 5.33. The zero-order valence-electron chi connectivity index (χ0n) is 24.4. The van der Waals surface area contributed by atoms with Gasteiger partial charge in [-0.3, -0.25) is 19.6 Å². The molecule has 1 aliphatic rings. The molecule has 0 spiro atoms. The van der Waals surface area contributed by atoms with E-state index in [1.807, 2.05) is 54.7 Å². The third-order valence-electron chi connectivity index (χ3n) is 8.65. The molecule has 1 aliphatic carbocycles. The number of hydrogen-bond acceptors (Lipinski definition) is 7. The number of fused-ring (bicyclic) bond motifs is 1. The number of aromatic amines is 2. The number of rotatable bonds is 9. The number of nitrogens with one attached hydrogen (secondary N) is 2. The van der Waals surface area contributed by atoms with Gasteiger partial charge in [0.2, 0.25) is 11.8 Å². The molecule has 2 heterocycles. The molecule has 6 rings (SSSR count). The first-order valence-electron chi connectivity index (χ1n) is 14.6. The Bertz CT molecular complexity index is 1730. The van der Waals surface area contributed by atoms with Crippen LogP contribution in [0.15, 0.2) is 66.9 Å². The molecule has 44 heavy (non-hydrogen) atoms. The molecule has 3 aromatic carbocycles. The van der Waals surface area contributed by atoms with E-state index in [9.17, 15) is 9.59 Å². The number of carbonyl (C=O) groups excluding carboxylic acids is 2. The first-order chi connectivity index (χ1) is 20.9. The largest absolute Gasteiger partial charge is 0.368 e. The molecule has 1 fully saturated rings. The highest BCUT2D eigenvalue weighted by Gasteiger charge is 2.36. The summed E-state index contributed by atoms with van der Waals surface area (Å²) < 4.78 is 0. The lowest BCUT2D eigenvalue weighted by Gasteiger charge is -2.35. The Hall–Kier alpha value is -4.61. The number of primary amides is 1. The van der Waals surface area contributed by atoms with Gasteiger partial charge < -0.3 is 11.5 Å². The Morgan fingerprint density at radius 3 is 2.45 bits per heavy atom. The maximum absolute atomic E-state index is 14.2. The van der Waals surface area contributed by atoms with Crippen LogP contribution in [0.1, 0.15) is 36.8 Å². The minimum Gasteiger partial charge on any atom is -0.368 e. The second kappa shape index (κ2) is 13.4. The molecule has 12 heteroatoms. The summed E-state index contributed by atoms with van der Waals surface area (Å²) in [6.45, 7) is 2.69. The maximum Gasteiger partial charge on any atom is 0.240 e. The van der Waals surface area contributed by atoms with Crippen molar-refractivity contribution in [2.75, 3.05) is 11.4 Å². The number of H-pyrrole nitrogens is 2. The van der Waals surface area contributed by atoms with Crippen molar-refractivity contribution in [3.63, 3.8) is 0 Å². The van der Waals surface area contributed by atoms with Gasteiger partial charge in [0.05, 0.1) is 11.7 Å². The maximum atomic E-state index is 14.2. The molecule has 228 valence electrons. The average molecular weight is 614 g/mol. The van der Waals surface area contributed by atoms with E-state index in [4.69, 9.17) is 11.5 Å². The van der Waals surface area contributed by atoms with Gasteiger partial charge in [0, 0.05) is 29.0 Å². The standard InChI is InChI=1S/C32H35N9O2.ClH/c1-19-5-14-27-26(18-35-36-27)29(19)24-4-2-3-21(15-24)16-28(30(34)42)41(32(43)23-8-6-20(17-33)7-9-23)25-12-10-22(11-13-25)31-37-39-40-38-31;/h2-5,10-15,18,20,23,28H,6-9,16-17,33H2,1H3,(H2,34,42)(H,35,36)(H,37,38,39,40);1H/t20-,23-,28-;/m0./s1. The Morgan fingerprint density at radius 2 is 1.77 bits per heavy atom. The molecule has 5 aromatic rings. The van der Waals surface area contributed by atoms with E-state index >= 15 is 0 Å². The molecular weight excluding hydrogens is 578 g/mol. The molecular formula is C32H36ClN9O2. The van der Waals surface area contributed by atoms with Gasteiger partial charge in [-0.1, -0.05) is 30.3 Å². The number of aryl methyl sites for hydroxylation is 1. The molecule has 0 unspecified atom stereocenters. The average Bonchev–Trinajstić information content (AvgIpc) is 3.74. The number of nitrogens with two attached hydrogens (primary N) is 2. The van der Waals surface area contributed by atoms with Gasteiger partial charge in [-0.25, -0.2) is 5.10 Å². The van der Waals surface area contributed by atoms with Crippen molar-refractivity contribution in [3.8, 4) is 22.5 Å². The second-order valence-electron chi connectivity index (χ2n) is 11.4. The number of tetrazole rings is 1. The van der Waals surface area contributed by atoms with Gasteiger partial charge in [0.15, 0.2) is 5.82 Å². The van der Waals surface area contributed by atoms with Crippen LogP contribution in [0, 0.1) is 18.8 Å². The van der Waals surface area contributed by atoms with Crippen molar-refractivity contribution in [1.29, 1.82) is 0 Å². The first-order valence-corrected chi connectivity index (χ1v) is 14.6. The fraction of sp³-hybridized carbons (Fsp3) is 0.312. The number of anilines is 1. The van der Waals surface area contributed by atoms with Crippen LogP contribution in [0.25, 0.3) is 33.4 Å². The molecule has 1 saturated carbocycles. The normalized spacial score (nSPS) is 17.1. The van der Waals surface area contributed by atoms with Crippen LogP contribution in [0.2, 0.25) is 0 Å². The SMILES string of the molecule is Cc1ccc2[nH]ncc2c1-c1cccc(C[C@@H](C(N)=O)N(c2ccc(-c3nnn[nH]3)cc2)C(=O)[C@H]2CC[C@H](CN)CC2)c1.Cl. The van der Waals surface area contributed by atoms with Gasteiger partial charge >= 0.3 is 0 Å². The number of aromatic nitrogens is 6. The quantitative estimate of drug-likeness (QED) is 0.191. The number of amides is 2. The van der Waals surface area contributed by atoms with E-state index in [2.05, 4.69) is 49.9 Å². The number of nitrogens with zero attached hydrogens (tertiary/aromatic N) is 5. The van der Waals surface area contributed by atoms with Gasteiger partial charge in [-0.15, -0.1) is 17.5 Å². The molecule has 0 radical (unpaired) electrons. The zero-order chi connectivity index (χ0) is 29.9. The topological polar surface area (TPSA) is 173 Å². The predicted octanol–water partition coefficient (Wildman–Crippen LogP) is 4.33. The monoisotopic (exact) mass is 613 g/mol. The molecule has 2 aromatic heterocycles. The summed E-state index contributed by atoms with van der Waals surface area (Å²) >= 11 is 0. The van der Waals surface area contributed by atoms with E-state index in [-0.39, 0.29) is 30.7 Å². The van der Waals surface area contributed by atoms with Gasteiger partial charge in [-0.2, -0.15) is 5.10 Å². The predicted molar refractivity (Wildman–Crippen MR) is 172 cm³/mol. The molecule has 1 atom stereocenters. The number of carbonyl (C=O) groups is 2. The van der Waals surface area contributed by atoms with Crippen LogP contribution in [0.3, 0.4) is 0 Å². The van der Waals surface area contributed by atoms with E-state index < -0.39 is 11.9 Å². The lowest BCUT2D eigenvalue weighted by molar-refractivity contribution is -0.127. The van der Waals surface area contributed by atoms with Crippen LogP contribution in [-0.4, -0.2) is 55.2 Å². The van der Waals surface area contributed by atoms with Crippen LogP contribution in [0.4, 0.5) is 5.69 Å². The fourth-order valence-electron chi connectivity index (χ4n) is 6.27. The Kier molecular flexibility index (Phi) is 9.36. The molecule has 0 bridgehead atoms. The lowest BCUT2D eigenvalue weighted by atomic mass is 9.81. The van der Waals surface area contributed by atoms with Gasteiger partial charge in [0.1, 0.15) is 6.04 Å². The Labute approximate surface area is 261 Å². The summed E-state index contributed by atoms with van der Waals surface area (Å²) in [5.74, 6) is 0.0610. The van der Waals surface area contributed by atoms with Crippen LogP contribution in [-0.2, 0) is 16.0 Å². The van der Waals surface area contributed by atoms with E-state index in [0.29, 0.717) is 24.0 Å². The fourth-order valence-corrected chi connectivity index (χ4v) is 6.27. The third kappa shape index (κ3) is 6.20. The smallest absolute Gasteiger partial charge is 0.240 e. The highest BCUT2D eigenvalue weighted by Crippen LogP contribution is 2.34. The van der Waals surface area contributed by atoms with Crippen molar-refractivity contribution in [1.82, 2.24) is 30.8 Å². The van der Waals surface area contributed by atoms with E-state index in [1.54, 1.807) is 4.90 Å². The minimum atomic E-state index is -0.890. The summed E-state index contributed by atoms with van der Waals surface area (Å²) in [5, 5.41) is 22.3. The first kappa shape index (κ1) is 30.8. The molecule has 0 aliphatic heterocycles. The van der Waals surface area contributed by atoms with Crippen molar-refractivity contribution in [2.45, 2.75) is 45.1 Å². The van der Waals surface area contributed by atoms with Crippen molar-refractivity contribution in [3.05, 3.63) is 78.0 Å². The van der Waals surface area contributed by atoms with Crippen LogP contribution < -0.4 is 16.4 Å². The minimum absolute atomic E-state index is 0. The number of halogens is 1. The van der Waals surface area contributed by atoms with Crippen molar-refractivity contribution >= 4 is 40.8 Å². The van der Waals surface area contributed by atoms with E-state index in [1.165, 1.54) is 0 Å². The Morgan fingerprint density at radius 1 is 1.00 bits per heavy atom. The number of hydrogen-bond donors (Lipinski definition) is 4. The van der Waals surface area contributed by atoms with Crippen molar-refractivity contribution in [2.24, 2.45) is 23.3 Å². The highest BCUT2D eigenvalue weighted by molar-refractivity contribution is 6.02. The molecule has 0 saturated heterocycles. The molecule has 6 N–H and O–H groups in total. The zero-order valence-corrected chi connectivity index (χ0v) is 25.3. The summed E-state index contributed by atoms with van der Waals surface area (Å²) in [7, 11) is 0. The van der Waals surface area contributed by atoms with Crippen molar-refractivity contribution < 1.29 is 9.59 Å². The molecule has 11 nitrogen and oxygen atoms in total. The van der Waals surface area contributed by atoms with Gasteiger partial charge in [-0.05, 0) is 108 Å². The molecule has 2 amide bonds.